The lowest BCUT2D eigenvalue weighted by Crippen LogP contribution is -2.07. The number of aromatic nitrogens is 4. The number of hydrogen-bond donors (Lipinski definition) is 1. The van der Waals surface area contributed by atoms with E-state index in [4.69, 9.17) is 5.73 Å². The summed E-state index contributed by atoms with van der Waals surface area (Å²) in [7, 11) is 0. The average molecular weight is 262 g/mol. The van der Waals surface area contributed by atoms with E-state index in [1.54, 1.807) is 10.9 Å². The zero-order valence-corrected chi connectivity index (χ0v) is 10.3. The smallest absolute Gasteiger partial charge is 0.145 e. The fourth-order valence-electron chi connectivity index (χ4n) is 1.82. The third kappa shape index (κ3) is 2.05. The lowest BCUT2D eigenvalue weighted by Gasteiger charge is -2.05. The number of rotatable bonds is 2. The topological polar surface area (TPSA) is 69.6 Å². The maximum absolute atomic E-state index is 5.61. The minimum atomic E-state index is 0. The SMILES string of the molecule is Cl.NCc1ncnn1-c1ccc2ccncc2c1. The zero-order valence-electron chi connectivity index (χ0n) is 9.52. The van der Waals surface area contributed by atoms with Crippen molar-refractivity contribution in [3.63, 3.8) is 0 Å². The molecule has 92 valence electrons. The number of nitrogens with zero attached hydrogens (tertiary/aromatic N) is 4. The molecule has 3 aromatic rings. The van der Waals surface area contributed by atoms with Gasteiger partial charge in [0.1, 0.15) is 12.2 Å². The molecule has 1 aromatic carbocycles. The first-order chi connectivity index (χ1) is 8.38. The van der Waals surface area contributed by atoms with Gasteiger partial charge in [-0.3, -0.25) is 4.98 Å². The highest BCUT2D eigenvalue weighted by atomic mass is 35.5. The van der Waals surface area contributed by atoms with Crippen molar-refractivity contribution in [1.82, 2.24) is 19.7 Å². The van der Waals surface area contributed by atoms with E-state index in [1.165, 1.54) is 6.33 Å². The third-order valence-corrected chi connectivity index (χ3v) is 2.67. The minimum Gasteiger partial charge on any atom is -0.324 e. The van der Waals surface area contributed by atoms with Crippen LogP contribution < -0.4 is 5.73 Å². The Bertz CT molecular complexity index is 664. The number of hydrogen-bond acceptors (Lipinski definition) is 4. The summed E-state index contributed by atoms with van der Waals surface area (Å²) in [5.41, 5.74) is 6.56. The van der Waals surface area contributed by atoms with Crippen molar-refractivity contribution in [2.75, 3.05) is 0 Å². The van der Waals surface area contributed by atoms with Crippen molar-refractivity contribution in [2.45, 2.75) is 6.54 Å². The standard InChI is InChI=1S/C12H11N5.ClH/c13-6-12-15-8-16-17(12)11-2-1-9-3-4-14-7-10(9)5-11;/h1-5,7-8H,6,13H2;1H. The van der Waals surface area contributed by atoms with Crippen LogP contribution in [0, 0.1) is 0 Å². The first-order valence-electron chi connectivity index (χ1n) is 5.31. The van der Waals surface area contributed by atoms with Crippen molar-refractivity contribution in [1.29, 1.82) is 0 Å². The summed E-state index contributed by atoms with van der Waals surface area (Å²) in [6, 6.07) is 8.03. The highest BCUT2D eigenvalue weighted by Gasteiger charge is 2.05. The van der Waals surface area contributed by atoms with E-state index in [2.05, 4.69) is 15.1 Å². The van der Waals surface area contributed by atoms with Gasteiger partial charge in [0.15, 0.2) is 0 Å². The highest BCUT2D eigenvalue weighted by Crippen LogP contribution is 2.17. The molecule has 6 heteroatoms. The zero-order chi connectivity index (χ0) is 11.7. The van der Waals surface area contributed by atoms with E-state index in [1.807, 2.05) is 30.5 Å². The predicted molar refractivity (Wildman–Crippen MR) is 71.8 cm³/mol. The first kappa shape index (κ1) is 12.5. The van der Waals surface area contributed by atoms with Crippen LogP contribution in [-0.2, 0) is 6.54 Å². The molecule has 0 atom stereocenters. The van der Waals surface area contributed by atoms with Gasteiger partial charge in [0, 0.05) is 17.8 Å². The van der Waals surface area contributed by atoms with E-state index in [9.17, 15) is 0 Å². The van der Waals surface area contributed by atoms with Gasteiger partial charge in [-0.15, -0.1) is 12.4 Å². The summed E-state index contributed by atoms with van der Waals surface area (Å²) in [6.07, 6.45) is 5.12. The molecule has 0 fully saturated rings. The summed E-state index contributed by atoms with van der Waals surface area (Å²) in [5, 5.41) is 6.39. The fourth-order valence-corrected chi connectivity index (χ4v) is 1.82. The molecule has 18 heavy (non-hydrogen) atoms. The molecule has 2 N–H and O–H groups in total. The lowest BCUT2D eigenvalue weighted by atomic mass is 10.1. The number of fused-ring (bicyclic) bond motifs is 1. The van der Waals surface area contributed by atoms with Crippen molar-refractivity contribution in [3.8, 4) is 5.69 Å². The van der Waals surface area contributed by atoms with E-state index in [0.29, 0.717) is 6.54 Å². The van der Waals surface area contributed by atoms with Gasteiger partial charge in [-0.1, -0.05) is 6.07 Å². The van der Waals surface area contributed by atoms with Gasteiger partial charge in [0.25, 0.3) is 0 Å². The van der Waals surface area contributed by atoms with E-state index < -0.39 is 0 Å². The molecule has 0 aliphatic heterocycles. The quantitative estimate of drug-likeness (QED) is 0.762. The Labute approximate surface area is 110 Å². The van der Waals surface area contributed by atoms with E-state index in [-0.39, 0.29) is 12.4 Å². The molecular weight excluding hydrogens is 250 g/mol. The van der Waals surface area contributed by atoms with Crippen molar-refractivity contribution >= 4 is 23.2 Å². The second-order valence-electron chi connectivity index (χ2n) is 3.70. The van der Waals surface area contributed by atoms with Crippen LogP contribution in [0.2, 0.25) is 0 Å². The van der Waals surface area contributed by atoms with Crippen LogP contribution in [0.25, 0.3) is 16.5 Å². The predicted octanol–water partition coefficient (Wildman–Crippen LogP) is 1.70. The van der Waals surface area contributed by atoms with Gasteiger partial charge >= 0.3 is 0 Å². The summed E-state index contributed by atoms with van der Waals surface area (Å²) in [5.74, 6) is 0.744. The van der Waals surface area contributed by atoms with E-state index in [0.717, 1.165) is 22.3 Å². The minimum absolute atomic E-state index is 0. The fraction of sp³-hybridized carbons (Fsp3) is 0.0833. The molecule has 0 amide bonds. The number of nitrogens with two attached hydrogens (primary N) is 1. The molecule has 0 unspecified atom stereocenters. The number of pyridine rings is 1. The Hall–Kier alpha value is -1.98. The molecule has 0 saturated heterocycles. The highest BCUT2D eigenvalue weighted by molar-refractivity contribution is 5.85. The van der Waals surface area contributed by atoms with Crippen LogP contribution in [0.5, 0.6) is 0 Å². The second kappa shape index (κ2) is 5.12. The molecule has 2 aromatic heterocycles. The number of benzene rings is 1. The molecule has 5 nitrogen and oxygen atoms in total. The molecule has 3 rings (SSSR count). The molecule has 0 radical (unpaired) electrons. The Morgan fingerprint density at radius 1 is 1.17 bits per heavy atom. The van der Waals surface area contributed by atoms with Crippen LogP contribution >= 0.6 is 12.4 Å². The van der Waals surface area contributed by atoms with Gasteiger partial charge in [-0.2, -0.15) is 5.10 Å². The van der Waals surface area contributed by atoms with Crippen LogP contribution in [0.15, 0.2) is 43.0 Å². The molecule has 0 spiro atoms. The maximum atomic E-state index is 5.61. The molecule has 0 aliphatic rings. The Morgan fingerprint density at radius 2 is 2.06 bits per heavy atom. The van der Waals surface area contributed by atoms with Crippen molar-refractivity contribution in [2.24, 2.45) is 5.73 Å². The monoisotopic (exact) mass is 261 g/mol. The normalized spacial score (nSPS) is 10.3. The van der Waals surface area contributed by atoms with Crippen LogP contribution in [0.3, 0.4) is 0 Å². The van der Waals surface area contributed by atoms with Gasteiger partial charge in [-0.25, -0.2) is 9.67 Å². The number of halogens is 1. The van der Waals surface area contributed by atoms with Gasteiger partial charge in [0.2, 0.25) is 0 Å². The summed E-state index contributed by atoms with van der Waals surface area (Å²) >= 11 is 0. The first-order valence-corrected chi connectivity index (χ1v) is 5.31. The molecule has 0 aliphatic carbocycles. The third-order valence-electron chi connectivity index (χ3n) is 2.67. The molecule has 2 heterocycles. The van der Waals surface area contributed by atoms with Gasteiger partial charge < -0.3 is 5.73 Å². The second-order valence-corrected chi connectivity index (χ2v) is 3.70. The van der Waals surface area contributed by atoms with Crippen LogP contribution in [0.1, 0.15) is 5.82 Å². The largest absolute Gasteiger partial charge is 0.324 e. The Kier molecular flexibility index (Phi) is 3.55. The average Bonchev–Trinajstić information content (AvgIpc) is 2.86. The van der Waals surface area contributed by atoms with Gasteiger partial charge in [0.05, 0.1) is 12.2 Å². The van der Waals surface area contributed by atoms with Crippen LogP contribution in [0.4, 0.5) is 0 Å². The van der Waals surface area contributed by atoms with Crippen LogP contribution in [-0.4, -0.2) is 19.7 Å². The molecule has 0 saturated carbocycles. The molecule has 0 bridgehead atoms. The van der Waals surface area contributed by atoms with E-state index >= 15 is 0 Å². The maximum Gasteiger partial charge on any atom is 0.145 e. The van der Waals surface area contributed by atoms with Crippen molar-refractivity contribution < 1.29 is 0 Å². The Morgan fingerprint density at radius 3 is 2.89 bits per heavy atom. The van der Waals surface area contributed by atoms with Gasteiger partial charge in [-0.05, 0) is 23.6 Å². The summed E-state index contributed by atoms with van der Waals surface area (Å²) in [6.45, 7) is 0.366. The lowest BCUT2D eigenvalue weighted by molar-refractivity contribution is 0.790. The Balaban J connectivity index is 0.00000120. The molecular formula is C12H12ClN5. The summed E-state index contributed by atoms with van der Waals surface area (Å²) < 4.78 is 1.74. The summed E-state index contributed by atoms with van der Waals surface area (Å²) in [4.78, 5) is 8.21. The van der Waals surface area contributed by atoms with Crippen molar-refractivity contribution in [3.05, 3.63) is 48.8 Å².